The van der Waals surface area contributed by atoms with Gasteiger partial charge in [0.1, 0.15) is 11.9 Å². The van der Waals surface area contributed by atoms with Gasteiger partial charge in [-0.1, -0.05) is 121 Å². The largest absolute Gasteiger partial charge is 0.484 e. The summed E-state index contributed by atoms with van der Waals surface area (Å²) in [6.07, 6.45) is 8.69. The van der Waals surface area contributed by atoms with Gasteiger partial charge in [-0.15, -0.1) is 0 Å². The molecule has 3 nitrogen and oxygen atoms in total. The average Bonchev–Trinajstić information content (AvgIpc) is 3.86. The highest BCUT2D eigenvalue weighted by atomic mass is 16.5. The maximum Gasteiger partial charge on any atom is 0.132 e. The Labute approximate surface area is 295 Å². The smallest absolute Gasteiger partial charge is 0.132 e. The molecule has 0 fully saturated rings. The van der Waals surface area contributed by atoms with Gasteiger partial charge in [0.05, 0.1) is 22.1 Å². The van der Waals surface area contributed by atoms with Crippen molar-refractivity contribution in [2.45, 2.75) is 12.0 Å². The Morgan fingerprint density at radius 1 is 0.412 bits per heavy atom. The molecule has 1 aliphatic heterocycles. The number of aromatic nitrogens is 2. The van der Waals surface area contributed by atoms with Crippen molar-refractivity contribution >= 4 is 43.6 Å². The number of hydrogen-bond donors (Lipinski definition) is 0. The third-order valence-electron chi connectivity index (χ3n) is 10.8. The van der Waals surface area contributed by atoms with E-state index in [-0.39, 0.29) is 12.0 Å². The second-order valence-electron chi connectivity index (χ2n) is 13.7. The third-order valence-corrected chi connectivity index (χ3v) is 10.8. The predicted molar refractivity (Wildman–Crippen MR) is 211 cm³/mol. The molecule has 0 saturated carbocycles. The first kappa shape index (κ1) is 28.3. The first-order valence-electron chi connectivity index (χ1n) is 17.7. The zero-order valence-corrected chi connectivity index (χ0v) is 27.8. The monoisotopic (exact) mass is 652 g/mol. The lowest BCUT2D eigenvalue weighted by Gasteiger charge is -2.14. The summed E-state index contributed by atoms with van der Waals surface area (Å²) < 4.78 is 11.3. The number of ether oxygens (including phenoxy) is 1. The topological polar surface area (TPSA) is 19.1 Å². The quantitative estimate of drug-likeness (QED) is 0.185. The van der Waals surface area contributed by atoms with Gasteiger partial charge in [-0.3, -0.25) is 0 Å². The second-order valence-corrected chi connectivity index (χ2v) is 13.7. The summed E-state index contributed by atoms with van der Waals surface area (Å²) in [5.41, 5.74) is 13.0. The van der Waals surface area contributed by atoms with Crippen molar-refractivity contribution in [3.05, 3.63) is 188 Å². The lowest BCUT2D eigenvalue weighted by Crippen LogP contribution is -2.15. The number of fused-ring (bicyclic) bond motifs is 9. The van der Waals surface area contributed by atoms with Crippen LogP contribution in [0.3, 0.4) is 0 Å². The summed E-state index contributed by atoms with van der Waals surface area (Å²) >= 11 is 0. The summed E-state index contributed by atoms with van der Waals surface area (Å²) in [5, 5.41) is 5.02. The Morgan fingerprint density at radius 2 is 0.980 bits per heavy atom. The zero-order valence-electron chi connectivity index (χ0n) is 27.8. The van der Waals surface area contributed by atoms with Gasteiger partial charge in [0.15, 0.2) is 0 Å². The Balaban J connectivity index is 1.04. The molecule has 0 saturated heterocycles. The van der Waals surface area contributed by atoms with E-state index >= 15 is 0 Å². The van der Waals surface area contributed by atoms with Gasteiger partial charge in [0, 0.05) is 50.0 Å². The van der Waals surface area contributed by atoms with Crippen LogP contribution in [-0.4, -0.2) is 15.2 Å². The zero-order chi connectivity index (χ0) is 33.5. The molecule has 2 atom stereocenters. The molecule has 51 heavy (non-hydrogen) atoms. The second kappa shape index (κ2) is 11.0. The fraction of sp³-hybridized carbons (Fsp3) is 0.0417. The normalized spacial score (nSPS) is 16.2. The number of allylic oxidation sites excluding steroid dienone is 2. The van der Waals surface area contributed by atoms with E-state index in [0.717, 1.165) is 28.3 Å². The van der Waals surface area contributed by atoms with Crippen LogP contribution in [-0.2, 0) is 0 Å². The van der Waals surface area contributed by atoms with Crippen LogP contribution >= 0.6 is 0 Å². The number of rotatable bonds is 4. The van der Waals surface area contributed by atoms with Crippen LogP contribution < -0.4 is 4.74 Å². The van der Waals surface area contributed by atoms with Crippen LogP contribution in [0.4, 0.5) is 0 Å². The van der Waals surface area contributed by atoms with Gasteiger partial charge < -0.3 is 13.9 Å². The first-order chi connectivity index (χ1) is 25.3. The Morgan fingerprint density at radius 3 is 1.73 bits per heavy atom. The van der Waals surface area contributed by atoms with Gasteiger partial charge in [-0.05, 0) is 77.4 Å². The molecule has 240 valence electrons. The number of hydrogen-bond acceptors (Lipinski definition) is 1. The molecule has 2 unspecified atom stereocenters. The maximum atomic E-state index is 6.52. The lowest BCUT2D eigenvalue weighted by atomic mass is 9.90. The summed E-state index contributed by atoms with van der Waals surface area (Å²) in [6.45, 7) is 0. The molecule has 11 rings (SSSR count). The fourth-order valence-electron chi connectivity index (χ4n) is 8.56. The van der Waals surface area contributed by atoms with E-state index < -0.39 is 0 Å². The van der Waals surface area contributed by atoms with Gasteiger partial charge >= 0.3 is 0 Å². The summed E-state index contributed by atoms with van der Waals surface area (Å²) in [6, 6.07) is 57.5. The van der Waals surface area contributed by atoms with Crippen molar-refractivity contribution in [3.8, 4) is 39.4 Å². The van der Waals surface area contributed by atoms with E-state index in [1.807, 2.05) is 0 Å². The molecule has 3 heteroatoms. The number of para-hydroxylation sites is 4. The van der Waals surface area contributed by atoms with Crippen LogP contribution in [0.5, 0.6) is 5.75 Å². The van der Waals surface area contributed by atoms with E-state index in [0.29, 0.717) is 0 Å². The first-order valence-corrected chi connectivity index (χ1v) is 17.7. The standard InChI is InChI=1S/C48H32N2O/c1-5-22-43-37(16-1)38-17-2-6-23-44(38)50(43)35-26-27-46-42(30-35)39-18-3-7-24-45(39)49(46)34-15-10-13-32(29-34)31-12-9-14-33(28-31)36-20-11-21-41-40-19-4-8-25-47(40)51-48(36)41/h1-30,40,47H. The van der Waals surface area contributed by atoms with Crippen molar-refractivity contribution in [3.63, 3.8) is 0 Å². The van der Waals surface area contributed by atoms with Crippen molar-refractivity contribution in [1.82, 2.24) is 9.13 Å². The molecule has 0 bridgehead atoms. The Hall–Kier alpha value is -6.58. The molecular formula is C48H32N2O. The fourth-order valence-corrected chi connectivity index (χ4v) is 8.56. The molecule has 0 spiro atoms. The molecule has 2 aliphatic rings. The van der Waals surface area contributed by atoms with Crippen molar-refractivity contribution in [2.24, 2.45) is 0 Å². The van der Waals surface area contributed by atoms with E-state index in [1.54, 1.807) is 0 Å². The Kier molecular flexibility index (Phi) is 6.08. The highest BCUT2D eigenvalue weighted by molar-refractivity contribution is 6.12. The lowest BCUT2D eigenvalue weighted by molar-refractivity contribution is 0.270. The van der Waals surface area contributed by atoms with Crippen LogP contribution in [0.2, 0.25) is 0 Å². The number of benzene rings is 7. The molecule has 9 aromatic rings. The summed E-state index contributed by atoms with van der Waals surface area (Å²) in [4.78, 5) is 0. The molecule has 7 aromatic carbocycles. The van der Waals surface area contributed by atoms with E-state index in [1.165, 1.54) is 60.3 Å². The van der Waals surface area contributed by atoms with Crippen molar-refractivity contribution < 1.29 is 4.74 Å². The minimum absolute atomic E-state index is 0.0651. The Bertz CT molecular complexity index is 2870. The molecule has 1 aliphatic carbocycles. The molecule has 3 heterocycles. The van der Waals surface area contributed by atoms with Crippen LogP contribution in [0.1, 0.15) is 11.5 Å². The highest BCUT2D eigenvalue weighted by Crippen LogP contribution is 2.47. The van der Waals surface area contributed by atoms with E-state index in [9.17, 15) is 0 Å². The van der Waals surface area contributed by atoms with E-state index in [2.05, 4.69) is 191 Å². The SMILES string of the molecule is C1=CC2Oc3c(-c4cccc(-c5cccc(-n6c7ccccc7c7cc(-n8c9ccccc9c9ccccc98)ccc76)c5)c4)cccc3C2C=C1. The molecule has 0 amide bonds. The predicted octanol–water partition coefficient (Wildman–Crippen LogP) is 12.2. The maximum absolute atomic E-state index is 6.52. The molecule has 2 aromatic heterocycles. The molecular weight excluding hydrogens is 621 g/mol. The minimum atomic E-state index is 0.0651. The van der Waals surface area contributed by atoms with Crippen LogP contribution in [0.25, 0.3) is 77.2 Å². The van der Waals surface area contributed by atoms with Gasteiger partial charge in [-0.25, -0.2) is 0 Å². The van der Waals surface area contributed by atoms with Crippen LogP contribution in [0, 0.1) is 0 Å². The summed E-state index contributed by atoms with van der Waals surface area (Å²) in [7, 11) is 0. The van der Waals surface area contributed by atoms with Crippen LogP contribution in [0.15, 0.2) is 182 Å². The van der Waals surface area contributed by atoms with Crippen molar-refractivity contribution in [1.29, 1.82) is 0 Å². The molecule has 0 radical (unpaired) electrons. The van der Waals surface area contributed by atoms with Gasteiger partial charge in [-0.2, -0.15) is 0 Å². The van der Waals surface area contributed by atoms with Crippen molar-refractivity contribution in [2.75, 3.05) is 0 Å². The third kappa shape index (κ3) is 4.25. The summed E-state index contributed by atoms with van der Waals surface area (Å²) in [5.74, 6) is 1.27. The highest BCUT2D eigenvalue weighted by Gasteiger charge is 2.33. The number of nitrogens with zero attached hydrogens (tertiary/aromatic N) is 2. The minimum Gasteiger partial charge on any atom is -0.484 e. The van der Waals surface area contributed by atoms with Gasteiger partial charge in [0.2, 0.25) is 0 Å². The molecule has 0 N–H and O–H groups in total. The van der Waals surface area contributed by atoms with E-state index in [4.69, 9.17) is 4.74 Å². The van der Waals surface area contributed by atoms with Gasteiger partial charge in [0.25, 0.3) is 0 Å². The average molecular weight is 653 g/mol.